The van der Waals surface area contributed by atoms with E-state index < -0.39 is 24.6 Å². The van der Waals surface area contributed by atoms with Crippen molar-refractivity contribution in [2.24, 2.45) is 0 Å². The van der Waals surface area contributed by atoms with Crippen LogP contribution in [0.15, 0.2) is 60.7 Å². The summed E-state index contributed by atoms with van der Waals surface area (Å²) in [6, 6.07) is 19.9. The number of hydrogen-bond donors (Lipinski definition) is 0. The monoisotopic (exact) mass is 526 g/mol. The molecule has 1 aliphatic heterocycles. The van der Waals surface area contributed by atoms with Gasteiger partial charge in [-0.1, -0.05) is 113 Å². The third kappa shape index (κ3) is 10.5. The maximum Gasteiger partial charge on any atom is 0.303 e. The van der Waals surface area contributed by atoms with Crippen LogP contribution in [-0.2, 0) is 41.7 Å². The molecule has 5 atom stereocenters. The van der Waals surface area contributed by atoms with Gasteiger partial charge in [0.25, 0.3) is 0 Å². The second-order valence-corrected chi connectivity index (χ2v) is 10.2. The smallest absolute Gasteiger partial charge is 0.303 e. The van der Waals surface area contributed by atoms with Crippen LogP contribution in [0.2, 0.25) is 0 Å². The molecule has 0 aliphatic carbocycles. The first kappa shape index (κ1) is 30.3. The molecule has 3 rings (SSSR count). The molecule has 0 saturated carbocycles. The normalized spacial score (nSPS) is 23.3. The highest BCUT2D eigenvalue weighted by Crippen LogP contribution is 2.30. The maximum absolute atomic E-state index is 12.2. The first-order chi connectivity index (χ1) is 18.6. The Morgan fingerprint density at radius 3 is 1.79 bits per heavy atom. The summed E-state index contributed by atoms with van der Waals surface area (Å²) in [6.07, 6.45) is 7.03. The van der Waals surface area contributed by atoms with Gasteiger partial charge in [0.15, 0.2) is 12.4 Å². The van der Waals surface area contributed by atoms with Gasteiger partial charge in [-0.05, 0) is 24.5 Å². The van der Waals surface area contributed by atoms with Gasteiger partial charge >= 0.3 is 5.97 Å². The molecule has 0 spiro atoms. The van der Waals surface area contributed by atoms with E-state index in [-0.39, 0.29) is 12.1 Å². The average molecular weight is 527 g/mol. The molecule has 38 heavy (non-hydrogen) atoms. The minimum atomic E-state index is -0.660. The summed E-state index contributed by atoms with van der Waals surface area (Å²) in [4.78, 5) is 12.2. The first-order valence-electron chi connectivity index (χ1n) is 14.3. The molecule has 2 aromatic carbocycles. The molecule has 2 aromatic rings. The highest BCUT2D eigenvalue weighted by atomic mass is 16.7. The van der Waals surface area contributed by atoms with Crippen molar-refractivity contribution in [3.8, 4) is 0 Å². The van der Waals surface area contributed by atoms with E-state index in [0.717, 1.165) is 24.0 Å². The minimum Gasteiger partial charge on any atom is -0.457 e. The van der Waals surface area contributed by atoms with Crippen molar-refractivity contribution in [2.45, 2.75) is 116 Å². The predicted octanol–water partition coefficient (Wildman–Crippen LogP) is 6.99. The van der Waals surface area contributed by atoms with E-state index in [2.05, 4.69) is 6.92 Å². The Hall–Kier alpha value is -2.25. The molecule has 6 heteroatoms. The van der Waals surface area contributed by atoms with Crippen LogP contribution in [0.1, 0.15) is 83.3 Å². The van der Waals surface area contributed by atoms with Crippen molar-refractivity contribution in [3.05, 3.63) is 71.8 Å². The third-order valence-corrected chi connectivity index (χ3v) is 6.88. The Kier molecular flexibility index (Phi) is 13.8. The van der Waals surface area contributed by atoms with E-state index in [1.54, 1.807) is 0 Å². The number of ether oxygens (including phenoxy) is 5. The quantitative estimate of drug-likeness (QED) is 0.163. The molecule has 0 unspecified atom stereocenters. The first-order valence-corrected chi connectivity index (χ1v) is 14.3. The molecular weight excluding hydrogens is 480 g/mol. The average Bonchev–Trinajstić information content (AvgIpc) is 2.92. The van der Waals surface area contributed by atoms with Crippen LogP contribution in [0, 0.1) is 0 Å². The van der Waals surface area contributed by atoms with Crippen LogP contribution < -0.4 is 0 Å². The fourth-order valence-electron chi connectivity index (χ4n) is 4.81. The zero-order valence-electron chi connectivity index (χ0n) is 23.4. The number of rotatable bonds is 17. The second-order valence-electron chi connectivity index (χ2n) is 10.2. The van der Waals surface area contributed by atoms with Crippen molar-refractivity contribution in [2.75, 3.05) is 6.61 Å². The molecule has 0 N–H and O–H groups in total. The van der Waals surface area contributed by atoms with Crippen molar-refractivity contribution in [1.29, 1.82) is 0 Å². The van der Waals surface area contributed by atoms with Gasteiger partial charge in [-0.3, -0.25) is 4.79 Å². The lowest BCUT2D eigenvalue weighted by atomic mass is 9.98. The lowest BCUT2D eigenvalue weighted by molar-refractivity contribution is -0.313. The van der Waals surface area contributed by atoms with E-state index in [9.17, 15) is 4.79 Å². The number of unbranched alkanes of at least 4 members (excludes halogenated alkanes) is 7. The van der Waals surface area contributed by atoms with Gasteiger partial charge in [-0.15, -0.1) is 0 Å². The van der Waals surface area contributed by atoms with Crippen molar-refractivity contribution < 1.29 is 28.5 Å². The third-order valence-electron chi connectivity index (χ3n) is 6.88. The Labute approximate surface area is 229 Å². The van der Waals surface area contributed by atoms with E-state index in [4.69, 9.17) is 23.7 Å². The fourth-order valence-corrected chi connectivity index (χ4v) is 4.81. The van der Waals surface area contributed by atoms with E-state index in [0.29, 0.717) is 19.8 Å². The summed E-state index contributed by atoms with van der Waals surface area (Å²) in [5.41, 5.74) is 2.06. The summed E-state index contributed by atoms with van der Waals surface area (Å²) in [7, 11) is 0. The summed E-state index contributed by atoms with van der Waals surface area (Å²) in [6.45, 7) is 6.90. The molecule has 210 valence electrons. The zero-order valence-corrected chi connectivity index (χ0v) is 23.4. The van der Waals surface area contributed by atoms with E-state index in [1.165, 1.54) is 45.4 Å². The maximum atomic E-state index is 12.2. The summed E-state index contributed by atoms with van der Waals surface area (Å²) in [5.74, 6) is -0.382. The molecule has 1 heterocycles. The molecule has 0 aromatic heterocycles. The van der Waals surface area contributed by atoms with Crippen LogP contribution in [0.25, 0.3) is 0 Å². The van der Waals surface area contributed by atoms with E-state index in [1.807, 2.05) is 67.6 Å². The Morgan fingerprint density at radius 2 is 1.24 bits per heavy atom. The molecular formula is C32H46O6. The SMILES string of the molecule is CCCCCCCCCCO[C@@H]1O[C@@H](C)[C@@H](OCc2ccccc2)[C@@H](OC(C)=O)[C@@H]1OCc1ccccc1. The van der Waals surface area contributed by atoms with Gasteiger partial charge < -0.3 is 23.7 Å². The van der Waals surface area contributed by atoms with Crippen LogP contribution in [0.5, 0.6) is 0 Å². The topological polar surface area (TPSA) is 63.2 Å². The molecule has 1 saturated heterocycles. The van der Waals surface area contributed by atoms with Gasteiger partial charge in [0, 0.05) is 13.5 Å². The number of esters is 1. The predicted molar refractivity (Wildman–Crippen MR) is 148 cm³/mol. The van der Waals surface area contributed by atoms with Gasteiger partial charge in [-0.25, -0.2) is 0 Å². The molecule has 1 fully saturated rings. The van der Waals surface area contributed by atoms with Crippen molar-refractivity contribution in [1.82, 2.24) is 0 Å². The van der Waals surface area contributed by atoms with Gasteiger partial charge in [0.1, 0.15) is 12.2 Å². The summed E-state index contributed by atoms with van der Waals surface area (Å²) >= 11 is 0. The van der Waals surface area contributed by atoms with Gasteiger partial charge in [0.05, 0.1) is 19.3 Å². The largest absolute Gasteiger partial charge is 0.457 e. The lowest BCUT2D eigenvalue weighted by Gasteiger charge is -2.44. The zero-order chi connectivity index (χ0) is 27.0. The van der Waals surface area contributed by atoms with Crippen LogP contribution >= 0.6 is 0 Å². The van der Waals surface area contributed by atoms with Crippen molar-refractivity contribution >= 4 is 5.97 Å². The van der Waals surface area contributed by atoms with Gasteiger partial charge in [0.2, 0.25) is 0 Å². The lowest BCUT2D eigenvalue weighted by Crippen LogP contribution is -2.60. The number of carbonyl (C=O) groups is 1. The van der Waals surface area contributed by atoms with Gasteiger partial charge in [-0.2, -0.15) is 0 Å². The number of hydrogen-bond acceptors (Lipinski definition) is 6. The standard InChI is InChI=1S/C32H46O6/c1-4-5-6-7-8-9-10-17-22-34-32-31(36-24-28-20-15-12-16-21-28)30(38-26(3)33)29(25(2)37-32)35-23-27-18-13-11-14-19-27/h11-16,18-21,25,29-32H,4-10,17,22-24H2,1-3H3/t25-,29+,30+,31-,32+/m0/s1. The Morgan fingerprint density at radius 1 is 0.711 bits per heavy atom. The van der Waals surface area contributed by atoms with E-state index >= 15 is 0 Å². The Bertz CT molecular complexity index is 889. The molecule has 6 nitrogen and oxygen atoms in total. The van der Waals surface area contributed by atoms with Crippen LogP contribution in [0.4, 0.5) is 0 Å². The molecule has 0 bridgehead atoms. The minimum absolute atomic E-state index is 0.344. The van der Waals surface area contributed by atoms with Crippen LogP contribution in [0.3, 0.4) is 0 Å². The summed E-state index contributed by atoms with van der Waals surface area (Å²) in [5, 5.41) is 0. The summed E-state index contributed by atoms with van der Waals surface area (Å²) < 4.78 is 31.0. The van der Waals surface area contributed by atoms with Crippen LogP contribution in [-0.4, -0.2) is 43.3 Å². The highest BCUT2D eigenvalue weighted by molar-refractivity contribution is 5.66. The second kappa shape index (κ2) is 17.4. The fraction of sp³-hybridized carbons (Fsp3) is 0.594. The Balaban J connectivity index is 1.64. The van der Waals surface area contributed by atoms with Crippen molar-refractivity contribution in [3.63, 3.8) is 0 Å². The highest BCUT2D eigenvalue weighted by Gasteiger charge is 2.48. The molecule has 0 amide bonds. The number of carbonyl (C=O) groups excluding carboxylic acids is 1. The molecule has 1 aliphatic rings. The number of benzene rings is 2. The molecule has 0 radical (unpaired) electrons.